The van der Waals surface area contributed by atoms with E-state index in [0.29, 0.717) is 22.3 Å². The minimum Gasteiger partial charge on any atom is -0.322 e. The average Bonchev–Trinajstić information content (AvgIpc) is 3.16. The fourth-order valence-corrected chi connectivity index (χ4v) is 2.88. The number of rotatable bonds is 5. The van der Waals surface area contributed by atoms with Crippen LogP contribution in [0.25, 0.3) is 22.8 Å². The molecule has 30 heavy (non-hydrogen) atoms. The molecule has 0 fully saturated rings. The van der Waals surface area contributed by atoms with Gasteiger partial charge in [-0.05, 0) is 48.9 Å². The summed E-state index contributed by atoms with van der Waals surface area (Å²) in [6.07, 6.45) is 2.85. The Balaban J connectivity index is 1.49. The van der Waals surface area contributed by atoms with Crippen LogP contribution in [0, 0.1) is 17.0 Å². The number of hydrogen-bond donors (Lipinski definition) is 1. The van der Waals surface area contributed by atoms with Crippen LogP contribution in [0.3, 0.4) is 0 Å². The third kappa shape index (κ3) is 4.22. The van der Waals surface area contributed by atoms with Gasteiger partial charge in [-0.15, -0.1) is 10.2 Å². The summed E-state index contributed by atoms with van der Waals surface area (Å²) in [6, 6.07) is 19.2. The quantitative estimate of drug-likeness (QED) is 0.306. The van der Waals surface area contributed by atoms with Crippen molar-refractivity contribution < 1.29 is 9.72 Å². The van der Waals surface area contributed by atoms with Crippen molar-refractivity contribution in [3.05, 3.63) is 94.0 Å². The van der Waals surface area contributed by atoms with Gasteiger partial charge >= 0.3 is 0 Å². The zero-order valence-electron chi connectivity index (χ0n) is 16.0. The first kappa shape index (κ1) is 19.0. The van der Waals surface area contributed by atoms with Crippen LogP contribution in [0.4, 0.5) is 11.4 Å². The standard InChI is InChI=1S/C22H17N5O3/c1-15-5-9-18(10-6-15)26-24-20-11-8-17(14-21(20)25-26)23-22(28)12-7-16-3-2-4-19(13-16)27(29)30/h2-14H,1H3,(H,23,28). The van der Waals surface area contributed by atoms with Gasteiger partial charge in [0.05, 0.1) is 10.6 Å². The fraction of sp³-hybridized carbons (Fsp3) is 0.0455. The van der Waals surface area contributed by atoms with E-state index in [-0.39, 0.29) is 11.6 Å². The minimum absolute atomic E-state index is 0.0281. The Hall–Kier alpha value is -4.33. The molecular formula is C22H17N5O3. The van der Waals surface area contributed by atoms with Crippen molar-refractivity contribution in [2.45, 2.75) is 6.92 Å². The lowest BCUT2D eigenvalue weighted by molar-refractivity contribution is -0.384. The first-order chi connectivity index (χ1) is 14.5. The van der Waals surface area contributed by atoms with Crippen molar-refractivity contribution in [1.82, 2.24) is 15.0 Å². The van der Waals surface area contributed by atoms with Crippen molar-refractivity contribution in [3.8, 4) is 5.69 Å². The zero-order valence-corrected chi connectivity index (χ0v) is 16.0. The van der Waals surface area contributed by atoms with Crippen LogP contribution in [0.2, 0.25) is 0 Å². The van der Waals surface area contributed by atoms with E-state index in [1.54, 1.807) is 35.1 Å². The van der Waals surface area contributed by atoms with E-state index in [1.807, 2.05) is 31.2 Å². The number of nitro groups is 1. The second kappa shape index (κ2) is 7.96. The van der Waals surface area contributed by atoms with Gasteiger partial charge in [-0.1, -0.05) is 29.8 Å². The lowest BCUT2D eigenvalue weighted by atomic mass is 10.2. The number of carbonyl (C=O) groups excluding carboxylic acids is 1. The molecule has 1 N–H and O–H groups in total. The lowest BCUT2D eigenvalue weighted by Gasteiger charge is -2.01. The Kier molecular flexibility index (Phi) is 5.04. The first-order valence-electron chi connectivity index (χ1n) is 9.16. The summed E-state index contributed by atoms with van der Waals surface area (Å²) in [6.45, 7) is 2.01. The molecule has 0 radical (unpaired) electrons. The Morgan fingerprint density at radius 3 is 2.57 bits per heavy atom. The normalized spacial score (nSPS) is 11.1. The summed E-state index contributed by atoms with van der Waals surface area (Å²) in [5.74, 6) is -0.355. The second-order valence-electron chi connectivity index (χ2n) is 6.70. The molecule has 0 bridgehead atoms. The third-order valence-electron chi connectivity index (χ3n) is 4.42. The second-order valence-corrected chi connectivity index (χ2v) is 6.70. The summed E-state index contributed by atoms with van der Waals surface area (Å²) in [4.78, 5) is 24.1. The molecule has 3 aromatic carbocycles. The molecule has 4 aromatic rings. The van der Waals surface area contributed by atoms with Gasteiger partial charge < -0.3 is 5.32 Å². The van der Waals surface area contributed by atoms with Gasteiger partial charge in [-0.3, -0.25) is 14.9 Å². The van der Waals surface area contributed by atoms with Crippen molar-refractivity contribution in [2.75, 3.05) is 5.32 Å². The highest BCUT2D eigenvalue weighted by Gasteiger charge is 2.07. The van der Waals surface area contributed by atoms with Crippen molar-refractivity contribution in [2.24, 2.45) is 0 Å². The number of nitrogens with one attached hydrogen (secondary N) is 1. The Morgan fingerprint density at radius 1 is 1.03 bits per heavy atom. The molecule has 0 saturated carbocycles. The number of aromatic nitrogens is 3. The fourth-order valence-electron chi connectivity index (χ4n) is 2.88. The van der Waals surface area contributed by atoms with E-state index in [4.69, 9.17) is 0 Å². The largest absolute Gasteiger partial charge is 0.322 e. The van der Waals surface area contributed by atoms with Crippen LogP contribution >= 0.6 is 0 Å². The van der Waals surface area contributed by atoms with E-state index in [0.717, 1.165) is 11.3 Å². The molecule has 8 heteroatoms. The lowest BCUT2D eigenvalue weighted by Crippen LogP contribution is -2.07. The van der Waals surface area contributed by atoms with Gasteiger partial charge in [-0.25, -0.2) is 0 Å². The molecule has 0 aliphatic carbocycles. The number of anilines is 1. The molecule has 1 aromatic heterocycles. The summed E-state index contributed by atoms with van der Waals surface area (Å²) in [7, 11) is 0. The highest BCUT2D eigenvalue weighted by molar-refractivity contribution is 6.02. The molecule has 4 rings (SSSR count). The molecular weight excluding hydrogens is 382 g/mol. The van der Waals surface area contributed by atoms with Crippen LogP contribution in [0.15, 0.2) is 72.8 Å². The monoisotopic (exact) mass is 399 g/mol. The van der Waals surface area contributed by atoms with E-state index in [1.165, 1.54) is 24.3 Å². The molecule has 0 saturated heterocycles. The van der Waals surface area contributed by atoms with Crippen LogP contribution in [0.1, 0.15) is 11.1 Å². The third-order valence-corrected chi connectivity index (χ3v) is 4.42. The minimum atomic E-state index is -0.476. The van der Waals surface area contributed by atoms with Gasteiger partial charge in [0.15, 0.2) is 0 Å². The zero-order chi connectivity index (χ0) is 21.1. The predicted molar refractivity (Wildman–Crippen MR) is 114 cm³/mol. The maximum atomic E-state index is 12.2. The van der Waals surface area contributed by atoms with Crippen LogP contribution in [-0.2, 0) is 4.79 Å². The topological polar surface area (TPSA) is 103 Å². The average molecular weight is 399 g/mol. The summed E-state index contributed by atoms with van der Waals surface area (Å²) < 4.78 is 0. The summed E-state index contributed by atoms with van der Waals surface area (Å²) in [5.41, 5.74) is 4.47. The number of non-ortho nitro benzene ring substituents is 1. The maximum Gasteiger partial charge on any atom is 0.270 e. The Morgan fingerprint density at radius 2 is 1.80 bits per heavy atom. The molecule has 8 nitrogen and oxygen atoms in total. The number of nitrogens with zero attached hydrogens (tertiary/aromatic N) is 4. The highest BCUT2D eigenvalue weighted by atomic mass is 16.6. The van der Waals surface area contributed by atoms with Gasteiger partial charge in [0.1, 0.15) is 11.0 Å². The van der Waals surface area contributed by atoms with Crippen LogP contribution in [-0.4, -0.2) is 25.8 Å². The molecule has 148 valence electrons. The van der Waals surface area contributed by atoms with Gasteiger partial charge in [0.25, 0.3) is 5.69 Å². The molecule has 0 atom stereocenters. The molecule has 0 unspecified atom stereocenters. The smallest absolute Gasteiger partial charge is 0.270 e. The first-order valence-corrected chi connectivity index (χ1v) is 9.16. The van der Waals surface area contributed by atoms with Crippen LogP contribution in [0.5, 0.6) is 0 Å². The molecule has 1 heterocycles. The number of carbonyl (C=O) groups is 1. The van der Waals surface area contributed by atoms with E-state index in [2.05, 4.69) is 15.5 Å². The molecule has 0 spiro atoms. The maximum absolute atomic E-state index is 12.2. The SMILES string of the molecule is Cc1ccc(-n2nc3ccc(NC(=O)C=Cc4cccc([N+](=O)[O-])c4)cc3n2)cc1. The number of nitro benzene ring substituents is 1. The Bertz CT molecular complexity index is 1280. The van der Waals surface area contributed by atoms with Crippen molar-refractivity contribution >= 4 is 34.4 Å². The van der Waals surface area contributed by atoms with E-state index in [9.17, 15) is 14.9 Å². The number of benzene rings is 3. The predicted octanol–water partition coefficient (Wildman–Crippen LogP) is 4.29. The molecule has 1 amide bonds. The summed E-state index contributed by atoms with van der Waals surface area (Å²) in [5, 5.41) is 22.5. The number of fused-ring (bicyclic) bond motifs is 1. The molecule has 0 aliphatic heterocycles. The van der Waals surface area contributed by atoms with Crippen LogP contribution < -0.4 is 5.32 Å². The van der Waals surface area contributed by atoms with Gasteiger partial charge in [0, 0.05) is 23.9 Å². The van der Waals surface area contributed by atoms with Gasteiger partial charge in [0.2, 0.25) is 5.91 Å². The number of hydrogen-bond acceptors (Lipinski definition) is 5. The van der Waals surface area contributed by atoms with Crippen molar-refractivity contribution in [1.29, 1.82) is 0 Å². The summed E-state index contributed by atoms with van der Waals surface area (Å²) >= 11 is 0. The van der Waals surface area contributed by atoms with E-state index < -0.39 is 4.92 Å². The van der Waals surface area contributed by atoms with Crippen molar-refractivity contribution in [3.63, 3.8) is 0 Å². The van der Waals surface area contributed by atoms with E-state index >= 15 is 0 Å². The number of aryl methyl sites for hydroxylation is 1. The number of amides is 1. The highest BCUT2D eigenvalue weighted by Crippen LogP contribution is 2.18. The van der Waals surface area contributed by atoms with Gasteiger partial charge in [-0.2, -0.15) is 4.80 Å². The molecule has 0 aliphatic rings. The Labute approximate surface area is 171 Å².